The maximum Gasteiger partial charge on any atom is 0.344 e. The van der Waals surface area contributed by atoms with E-state index < -0.39 is 57.2 Å². The van der Waals surface area contributed by atoms with Crippen LogP contribution in [0.3, 0.4) is 0 Å². The van der Waals surface area contributed by atoms with Gasteiger partial charge in [-0.05, 0) is 0 Å². The zero-order chi connectivity index (χ0) is 14.6. The molecule has 10 heteroatoms. The highest BCUT2D eigenvalue weighted by Crippen LogP contribution is 2.23. The average Bonchev–Trinajstić information content (AvgIpc) is 2.39. The molecule has 0 spiro atoms. The van der Waals surface area contributed by atoms with Crippen LogP contribution in [-0.4, -0.2) is 33.9 Å². The van der Waals surface area contributed by atoms with Crippen LogP contribution in [0.4, 0.5) is 22.0 Å². The molecule has 0 unspecified atom stereocenters. The number of rotatable bonds is 5. The van der Waals surface area contributed by atoms with Gasteiger partial charge in [-0.25, -0.2) is 26.7 Å². The molecule has 0 bridgehead atoms. The molecule has 0 aliphatic rings. The third-order valence-corrected chi connectivity index (χ3v) is 2.81. The lowest BCUT2D eigenvalue weighted by Crippen LogP contribution is -2.18. The first-order valence-corrected chi connectivity index (χ1v) is 6.36. The summed E-state index contributed by atoms with van der Waals surface area (Å²) in [5, 5.41) is 8.25. The molecule has 0 saturated heterocycles. The van der Waals surface area contributed by atoms with Gasteiger partial charge in [0.2, 0.25) is 15.6 Å². The molecule has 0 aliphatic carbocycles. The molecule has 0 heterocycles. The zero-order valence-electron chi connectivity index (χ0n) is 9.18. The molecule has 1 rings (SSSR count). The number of esters is 1. The fourth-order valence-corrected chi connectivity index (χ4v) is 1.63. The molecule has 0 saturated carbocycles. The van der Waals surface area contributed by atoms with Gasteiger partial charge < -0.3 is 14.3 Å². The minimum absolute atomic E-state index is 0.390. The van der Waals surface area contributed by atoms with Crippen molar-refractivity contribution in [1.29, 1.82) is 0 Å². The normalized spacial score (nSPS) is 11.3. The van der Waals surface area contributed by atoms with Crippen LogP contribution in [0.5, 0.6) is 0 Å². The van der Waals surface area contributed by atoms with Crippen LogP contribution in [0.25, 0.3) is 0 Å². The summed E-state index contributed by atoms with van der Waals surface area (Å²) in [5.41, 5.74) is -1.66. The highest BCUT2D eigenvalue weighted by molar-refractivity contribution is 6.27. The maximum atomic E-state index is 13.1. The number of aliphatic hydroxyl groups excluding tert-OH is 1. The van der Waals surface area contributed by atoms with Gasteiger partial charge in [0.05, 0.1) is 0 Å². The van der Waals surface area contributed by atoms with Gasteiger partial charge in [-0.2, -0.15) is 0 Å². The van der Waals surface area contributed by atoms with Gasteiger partial charge >= 0.3 is 5.97 Å². The number of benzene rings is 1. The second-order valence-corrected chi connectivity index (χ2v) is 4.34. The van der Waals surface area contributed by atoms with E-state index in [0.717, 1.165) is 0 Å². The molecular formula is C9H7F5O4Si. The van der Waals surface area contributed by atoms with Gasteiger partial charge in [-0.3, -0.25) is 0 Å². The van der Waals surface area contributed by atoms with E-state index in [4.69, 9.17) is 5.11 Å². The van der Waals surface area contributed by atoms with Crippen molar-refractivity contribution >= 4 is 15.7 Å². The van der Waals surface area contributed by atoms with Gasteiger partial charge in [0.15, 0.2) is 23.3 Å². The SMILES string of the molecule is O=C(OC[SiH2]OCO)c1c(F)c(F)c(F)c(F)c1F. The molecule has 0 amide bonds. The first-order chi connectivity index (χ1) is 8.91. The smallest absolute Gasteiger partial charge is 0.344 e. The lowest BCUT2D eigenvalue weighted by Gasteiger charge is -2.08. The lowest BCUT2D eigenvalue weighted by atomic mass is 10.1. The molecule has 1 aromatic carbocycles. The molecule has 0 radical (unpaired) electrons. The van der Waals surface area contributed by atoms with Crippen LogP contribution in [0.2, 0.25) is 0 Å². The summed E-state index contributed by atoms with van der Waals surface area (Å²) in [4.78, 5) is 11.2. The Morgan fingerprint density at radius 1 is 1.00 bits per heavy atom. The van der Waals surface area contributed by atoms with Crippen molar-refractivity contribution in [3.63, 3.8) is 0 Å². The topological polar surface area (TPSA) is 55.8 Å². The maximum absolute atomic E-state index is 13.1. The summed E-state index contributed by atoms with van der Waals surface area (Å²) in [7, 11) is -1.49. The van der Waals surface area contributed by atoms with Crippen molar-refractivity contribution < 1.29 is 41.0 Å². The molecule has 1 N–H and O–H groups in total. The van der Waals surface area contributed by atoms with Crippen LogP contribution in [-0.2, 0) is 9.16 Å². The second-order valence-electron chi connectivity index (χ2n) is 3.12. The third kappa shape index (κ3) is 3.27. The van der Waals surface area contributed by atoms with Crippen molar-refractivity contribution in [2.24, 2.45) is 0 Å². The lowest BCUT2D eigenvalue weighted by molar-refractivity contribution is 0.0513. The molecule has 19 heavy (non-hydrogen) atoms. The van der Waals surface area contributed by atoms with Crippen LogP contribution >= 0.6 is 0 Å². The van der Waals surface area contributed by atoms with E-state index in [1.54, 1.807) is 0 Å². The molecular weight excluding hydrogens is 295 g/mol. The number of hydrogen-bond donors (Lipinski definition) is 1. The molecule has 0 aromatic heterocycles. The molecule has 0 fully saturated rings. The Kier molecular flexibility index (Phi) is 5.39. The number of halogens is 5. The van der Waals surface area contributed by atoms with E-state index in [-0.39, 0.29) is 6.23 Å². The van der Waals surface area contributed by atoms with E-state index in [1.165, 1.54) is 0 Å². The number of ether oxygens (including phenoxy) is 1. The Morgan fingerprint density at radius 2 is 1.47 bits per heavy atom. The Hall–Kier alpha value is -1.52. The summed E-state index contributed by atoms with van der Waals surface area (Å²) in [6, 6.07) is 0. The molecule has 0 atom stereocenters. The van der Waals surface area contributed by atoms with Crippen LogP contribution in [0.1, 0.15) is 10.4 Å². The quantitative estimate of drug-likeness (QED) is 0.164. The van der Waals surface area contributed by atoms with Crippen molar-refractivity contribution in [2.45, 2.75) is 0 Å². The first-order valence-electron chi connectivity index (χ1n) is 4.79. The van der Waals surface area contributed by atoms with Crippen LogP contribution in [0.15, 0.2) is 0 Å². The van der Waals surface area contributed by atoms with Gasteiger partial charge in [0.25, 0.3) is 0 Å². The highest BCUT2D eigenvalue weighted by atomic mass is 28.2. The Balaban J connectivity index is 2.97. The largest absolute Gasteiger partial charge is 0.463 e. The predicted octanol–water partition coefficient (Wildman–Crippen LogP) is 0.547. The van der Waals surface area contributed by atoms with Crippen LogP contribution < -0.4 is 0 Å². The van der Waals surface area contributed by atoms with Crippen molar-refractivity contribution in [3.8, 4) is 0 Å². The van der Waals surface area contributed by atoms with Crippen molar-refractivity contribution in [2.75, 3.05) is 13.0 Å². The Bertz CT molecular complexity index is 467. The minimum atomic E-state index is -2.36. The van der Waals surface area contributed by atoms with Crippen molar-refractivity contribution in [3.05, 3.63) is 34.6 Å². The number of aliphatic hydroxyl groups is 1. The molecule has 0 aliphatic heterocycles. The summed E-state index contributed by atoms with van der Waals surface area (Å²) in [6.45, 7) is -0.619. The van der Waals surface area contributed by atoms with E-state index >= 15 is 0 Å². The highest BCUT2D eigenvalue weighted by Gasteiger charge is 2.30. The summed E-state index contributed by atoms with van der Waals surface area (Å²) in [5.74, 6) is -13.0. The second kappa shape index (κ2) is 6.59. The average molecular weight is 302 g/mol. The van der Waals surface area contributed by atoms with E-state index in [2.05, 4.69) is 9.16 Å². The number of carbonyl (C=O) groups excluding carboxylic acids is 1. The van der Waals surface area contributed by atoms with E-state index in [9.17, 15) is 26.7 Å². The van der Waals surface area contributed by atoms with Crippen molar-refractivity contribution in [1.82, 2.24) is 0 Å². The van der Waals surface area contributed by atoms with Gasteiger partial charge in [0.1, 0.15) is 18.6 Å². The van der Waals surface area contributed by atoms with Crippen LogP contribution in [0, 0.1) is 29.1 Å². The Morgan fingerprint density at radius 3 is 1.95 bits per heavy atom. The number of carbonyl (C=O) groups is 1. The predicted molar refractivity (Wildman–Crippen MR) is 53.2 cm³/mol. The van der Waals surface area contributed by atoms with Gasteiger partial charge in [-0.1, -0.05) is 0 Å². The van der Waals surface area contributed by atoms with E-state index in [1.807, 2.05) is 0 Å². The monoisotopic (exact) mass is 302 g/mol. The molecule has 1 aromatic rings. The minimum Gasteiger partial charge on any atom is -0.463 e. The fraction of sp³-hybridized carbons (Fsp3) is 0.222. The fourth-order valence-electron chi connectivity index (χ4n) is 1.11. The van der Waals surface area contributed by atoms with Gasteiger partial charge in [0, 0.05) is 0 Å². The van der Waals surface area contributed by atoms with E-state index in [0.29, 0.717) is 0 Å². The standard InChI is InChI=1S/C9H7F5O4Si/c10-4-3(9(16)17-2-19-18-1-15)5(11)7(13)8(14)6(4)12/h15H,1-2,19H2. The number of hydrogen-bond acceptors (Lipinski definition) is 4. The third-order valence-electron chi connectivity index (χ3n) is 1.97. The summed E-state index contributed by atoms with van der Waals surface area (Å²) in [6.07, 6.45) is -0.390. The molecule has 4 nitrogen and oxygen atoms in total. The zero-order valence-corrected chi connectivity index (χ0v) is 10.6. The summed E-state index contributed by atoms with van der Waals surface area (Å²) >= 11 is 0. The summed E-state index contributed by atoms with van der Waals surface area (Å²) < 4.78 is 73.3. The molecule has 106 valence electrons. The Labute approximate surface area is 105 Å². The first kappa shape index (κ1) is 15.5. The van der Waals surface area contributed by atoms with Gasteiger partial charge in [-0.15, -0.1) is 0 Å².